The quantitative estimate of drug-likeness (QED) is 0.202. The van der Waals surface area contributed by atoms with E-state index in [0.29, 0.717) is 0 Å². The first-order valence-electron chi connectivity index (χ1n) is 2.80. The predicted octanol–water partition coefficient (Wildman–Crippen LogP) is -19.2. The molecule has 0 heterocycles. The molecule has 27 heavy (non-hydrogen) atoms. The number of carboxylic acid groups (broad SMARTS) is 2. The van der Waals surface area contributed by atoms with Crippen molar-refractivity contribution in [3.8, 4) is 0 Å². The molecule has 17 nitrogen and oxygen atoms in total. The zero-order chi connectivity index (χ0) is 17.1. The number of hydrogen-bond donors (Lipinski definition) is 2. The van der Waals surface area contributed by atoms with Crippen molar-refractivity contribution in [1.82, 2.24) is 12.3 Å². The van der Waals surface area contributed by atoms with E-state index in [1.54, 1.807) is 0 Å². The summed E-state index contributed by atoms with van der Waals surface area (Å²) in [4.78, 5) is 85.3. The van der Waals surface area contributed by atoms with Crippen LogP contribution in [0.2, 0.25) is 0 Å². The van der Waals surface area contributed by atoms with Crippen molar-refractivity contribution >= 4 is 29.6 Å². The van der Waals surface area contributed by atoms with E-state index in [0.717, 1.165) is 0 Å². The van der Waals surface area contributed by atoms with Crippen molar-refractivity contribution in [2.75, 3.05) is 0 Å². The maximum absolute atomic E-state index is 8.55. The summed E-state index contributed by atoms with van der Waals surface area (Å²) >= 11 is 0. The summed E-state index contributed by atoms with van der Waals surface area (Å²) in [7, 11) is -16.2. The van der Waals surface area contributed by atoms with Crippen LogP contribution in [-0.4, -0.2) is 6.16 Å². The van der Waals surface area contributed by atoms with Crippen LogP contribution < -0.4 is 123 Å². The van der Waals surface area contributed by atoms with Crippen LogP contribution in [0.1, 0.15) is 0 Å². The molecule has 0 aromatic heterocycles. The van der Waals surface area contributed by atoms with Crippen molar-refractivity contribution in [3.63, 3.8) is 0 Å². The summed E-state index contributed by atoms with van der Waals surface area (Å²) in [6.45, 7) is 0. The summed E-state index contributed by atoms with van der Waals surface area (Å²) in [5, 5.41) is 16.7. The second-order valence-electron chi connectivity index (χ2n) is 1.59. The van der Waals surface area contributed by atoms with Crippen molar-refractivity contribution in [1.29, 1.82) is 0 Å². The van der Waals surface area contributed by atoms with Gasteiger partial charge in [-0.2, -0.15) is 23.5 Å². The van der Waals surface area contributed by atoms with Gasteiger partial charge in [-0.1, -0.05) is 0 Å². The number of carbonyl (C=O) groups is 1. The van der Waals surface area contributed by atoms with Gasteiger partial charge in [0.05, 0.1) is 0 Å². The van der Waals surface area contributed by atoms with E-state index in [1.165, 1.54) is 0 Å². The van der Waals surface area contributed by atoms with Gasteiger partial charge in [-0.15, -0.1) is 0 Å². The molecule has 0 unspecified atom stereocenters. The largest absolute Gasteiger partial charge is 2.00 e. The Bertz CT molecular complexity index is 309. The minimum atomic E-state index is -5.39. The average Bonchev–Trinajstić information content (AvgIpc) is 1.66. The fourth-order valence-electron chi connectivity index (χ4n) is 0. The van der Waals surface area contributed by atoms with Crippen molar-refractivity contribution in [2.45, 2.75) is 0 Å². The first-order chi connectivity index (χ1) is 7.73. The minimum absolute atomic E-state index is 0. The average molecular weight is 569 g/mol. The summed E-state index contributed by atoms with van der Waals surface area (Å²) in [5.74, 6) is 0. The predicted molar refractivity (Wildman–Crippen MR) is 40.2 cm³/mol. The fourth-order valence-corrected chi connectivity index (χ4v) is 0. The Labute approximate surface area is 220 Å². The summed E-state index contributed by atoms with van der Waals surface area (Å²) in [6, 6.07) is 0. The van der Waals surface area contributed by atoms with Gasteiger partial charge in [0.15, 0.2) is 0 Å². The van der Waals surface area contributed by atoms with Crippen molar-refractivity contribution in [2.24, 2.45) is 0 Å². The maximum atomic E-state index is 8.55. The first kappa shape index (κ1) is 78.0. The van der Waals surface area contributed by atoms with Gasteiger partial charge < -0.3 is 85.0 Å². The number of phosphoric acid groups is 3. The summed E-state index contributed by atoms with van der Waals surface area (Å²) < 4.78 is 25.6. The maximum Gasteiger partial charge on any atom is 2.00 e. The Kier molecular flexibility index (Phi) is 114. The molecule has 0 aliphatic heterocycles. The standard InChI is InChI=1S/CH2O3.3Fe.3Li.2H3N.3H3O4P/c2-1(3)4;;;;;;;;;3*1-5(2,3)4/h(H2,2,3,4);;;;;;;2*1H3;3*(H3,1,2,3,4)/q;3*+2;3*+1;;;;;/p-9. The molecule has 0 aliphatic carbocycles. The smallest absolute Gasteiger partial charge is 0.822 e. The summed E-state index contributed by atoms with van der Waals surface area (Å²) in [6.07, 6.45) is -2.33. The van der Waals surface area contributed by atoms with Gasteiger partial charge in [-0.05, 0) is 6.16 Å². The number of quaternary nitrogens is 2. The third-order valence-corrected chi connectivity index (χ3v) is 0. The van der Waals surface area contributed by atoms with Crippen LogP contribution in [0.15, 0.2) is 0 Å². The van der Waals surface area contributed by atoms with Gasteiger partial charge in [-0.25, -0.2) is 0 Å². The van der Waals surface area contributed by atoms with E-state index in [4.69, 9.17) is 72.7 Å². The van der Waals surface area contributed by atoms with Crippen molar-refractivity contribution in [3.05, 3.63) is 0 Å². The molecular formula is CH8Fe3Li3N2O15P3. The monoisotopic (exact) mass is 570 g/mol. The minimum Gasteiger partial charge on any atom is -0.822 e. The van der Waals surface area contributed by atoms with Crippen LogP contribution in [0.4, 0.5) is 4.79 Å². The second-order valence-corrected chi connectivity index (χ2v) is 4.27. The van der Waals surface area contributed by atoms with Crippen LogP contribution in [0.5, 0.6) is 0 Å². The van der Waals surface area contributed by atoms with E-state index >= 15 is 0 Å². The number of hydrogen-bond acceptors (Lipinski definition) is 15. The molecule has 0 saturated carbocycles. The molecule has 0 amide bonds. The Morgan fingerprint density at radius 3 is 0.481 bits per heavy atom. The zero-order valence-electron chi connectivity index (χ0n) is 14.0. The Morgan fingerprint density at radius 2 is 0.481 bits per heavy atom. The first-order valence-corrected chi connectivity index (χ1v) is 7.19. The third-order valence-electron chi connectivity index (χ3n) is 0. The van der Waals surface area contributed by atoms with Crippen LogP contribution in [0.3, 0.4) is 0 Å². The third kappa shape index (κ3) is 2530. The Hall–Kier alpha value is 2.87. The normalized spacial score (nSPS) is 7.44. The fraction of sp³-hybridized carbons (Fsp3) is 0. The SMILES string of the molecule is O=C([O-])[O-].O=P([O-])([O-])[O-].O=P([O-])([O-])[O-].O=P([O-])([O-])[O-].[Fe+2].[Fe+2].[Fe+2].[Li+].[Li+].[Li+].[NH4+].[NH4+]. The molecule has 0 atom stereocenters. The van der Waals surface area contributed by atoms with E-state index in [-0.39, 0.29) is 120 Å². The van der Waals surface area contributed by atoms with E-state index in [1.807, 2.05) is 0 Å². The topological polar surface area (TPSA) is 395 Å². The molecule has 8 N–H and O–H groups in total. The molecule has 0 aliphatic rings. The molecule has 0 aromatic carbocycles. The van der Waals surface area contributed by atoms with Gasteiger partial charge in [0.25, 0.3) is 0 Å². The van der Waals surface area contributed by atoms with Gasteiger partial charge in [0, 0.05) is 0 Å². The molecule has 0 radical (unpaired) electrons. The van der Waals surface area contributed by atoms with Crippen molar-refractivity contribution < 1.29 is 181 Å². The van der Waals surface area contributed by atoms with Crippen LogP contribution in [0.25, 0.3) is 0 Å². The van der Waals surface area contributed by atoms with E-state index in [2.05, 4.69) is 0 Å². The number of carbonyl (C=O) groups excluding carboxylic acids is 1. The molecule has 26 heteroatoms. The van der Waals surface area contributed by atoms with Gasteiger partial charge in [0.1, 0.15) is 0 Å². The molecule has 0 rings (SSSR count). The summed E-state index contributed by atoms with van der Waals surface area (Å²) in [5.41, 5.74) is 0. The van der Waals surface area contributed by atoms with Gasteiger partial charge in [0.2, 0.25) is 0 Å². The van der Waals surface area contributed by atoms with Crippen LogP contribution in [-0.2, 0) is 64.9 Å². The zero-order valence-corrected chi connectivity index (χ0v) is 20.0. The molecule has 154 valence electrons. The van der Waals surface area contributed by atoms with Gasteiger partial charge in [-0.3, -0.25) is 0 Å². The Morgan fingerprint density at radius 1 is 0.481 bits per heavy atom. The van der Waals surface area contributed by atoms with Crippen LogP contribution >= 0.6 is 23.5 Å². The van der Waals surface area contributed by atoms with E-state index < -0.39 is 29.6 Å². The molecule has 0 spiro atoms. The van der Waals surface area contributed by atoms with Gasteiger partial charge >= 0.3 is 108 Å². The molecule has 0 fully saturated rings. The molecule has 0 bridgehead atoms. The van der Waals surface area contributed by atoms with E-state index in [9.17, 15) is 0 Å². The molecule has 0 saturated heterocycles. The Balaban J connectivity index is -0.0000000101. The molecule has 0 aromatic rings. The van der Waals surface area contributed by atoms with Crippen LogP contribution in [0, 0.1) is 0 Å². The second kappa shape index (κ2) is 39.4. The molecular weight excluding hydrogens is 561 g/mol. The number of rotatable bonds is 0.